The van der Waals surface area contributed by atoms with Crippen LogP contribution in [0, 0.1) is 0 Å². The number of methoxy groups -OCH3 is 1. The van der Waals surface area contributed by atoms with Gasteiger partial charge in [-0.2, -0.15) is 5.10 Å². The number of ether oxygens (including phenoxy) is 1. The van der Waals surface area contributed by atoms with Gasteiger partial charge in [-0.25, -0.2) is 4.79 Å². The van der Waals surface area contributed by atoms with Gasteiger partial charge in [-0.1, -0.05) is 12.8 Å². The molecule has 1 aromatic rings. The van der Waals surface area contributed by atoms with Crippen LogP contribution in [0.1, 0.15) is 37.3 Å². The van der Waals surface area contributed by atoms with E-state index in [1.165, 1.54) is 20.0 Å². The fourth-order valence-corrected chi connectivity index (χ4v) is 2.34. The zero-order valence-corrected chi connectivity index (χ0v) is 10.3. The molecule has 5 heteroatoms. The van der Waals surface area contributed by atoms with E-state index in [4.69, 9.17) is 4.74 Å². The zero-order chi connectivity index (χ0) is 12.3. The van der Waals surface area contributed by atoms with Crippen molar-refractivity contribution in [2.75, 3.05) is 7.11 Å². The standard InChI is InChI=1S/C12H19N3O2/c1-15-8-9(7-13-15)11(12(16)17-2)14-10-5-3-4-6-10/h7-8,10-11,14H,3-6H2,1-2H3. The molecule has 1 N–H and O–H groups in total. The van der Waals surface area contributed by atoms with Crippen molar-refractivity contribution >= 4 is 5.97 Å². The molecule has 1 aromatic heterocycles. The highest BCUT2D eigenvalue weighted by molar-refractivity contribution is 5.77. The van der Waals surface area contributed by atoms with E-state index < -0.39 is 6.04 Å². The first-order valence-corrected chi connectivity index (χ1v) is 6.03. The summed E-state index contributed by atoms with van der Waals surface area (Å²) in [6.45, 7) is 0. The molecule has 1 aliphatic carbocycles. The molecule has 1 saturated carbocycles. The lowest BCUT2D eigenvalue weighted by molar-refractivity contribution is -0.143. The van der Waals surface area contributed by atoms with Crippen molar-refractivity contribution in [3.05, 3.63) is 18.0 Å². The minimum Gasteiger partial charge on any atom is -0.468 e. The van der Waals surface area contributed by atoms with Crippen LogP contribution in [0.3, 0.4) is 0 Å². The summed E-state index contributed by atoms with van der Waals surface area (Å²) >= 11 is 0. The van der Waals surface area contributed by atoms with Crippen molar-refractivity contribution < 1.29 is 9.53 Å². The monoisotopic (exact) mass is 237 g/mol. The Morgan fingerprint density at radius 2 is 2.29 bits per heavy atom. The number of hydrogen-bond donors (Lipinski definition) is 1. The summed E-state index contributed by atoms with van der Waals surface area (Å²) in [5.41, 5.74) is 0.867. The molecule has 0 saturated heterocycles. The van der Waals surface area contributed by atoms with E-state index in [0.717, 1.165) is 18.4 Å². The van der Waals surface area contributed by atoms with E-state index in [0.29, 0.717) is 6.04 Å². The maximum atomic E-state index is 11.8. The van der Waals surface area contributed by atoms with Gasteiger partial charge in [0.25, 0.3) is 0 Å². The first kappa shape index (κ1) is 12.1. The van der Waals surface area contributed by atoms with E-state index in [1.807, 2.05) is 13.2 Å². The normalized spacial score (nSPS) is 18.2. The second kappa shape index (κ2) is 5.31. The van der Waals surface area contributed by atoms with E-state index in [-0.39, 0.29) is 5.97 Å². The number of carbonyl (C=O) groups excluding carboxylic acids is 1. The second-order valence-corrected chi connectivity index (χ2v) is 4.55. The Morgan fingerprint density at radius 3 is 2.82 bits per heavy atom. The summed E-state index contributed by atoms with van der Waals surface area (Å²) in [5, 5.41) is 7.47. The third-order valence-electron chi connectivity index (χ3n) is 3.25. The van der Waals surface area contributed by atoms with Crippen molar-refractivity contribution in [3.63, 3.8) is 0 Å². The van der Waals surface area contributed by atoms with Crippen molar-refractivity contribution in [1.82, 2.24) is 15.1 Å². The molecule has 0 radical (unpaired) electrons. The van der Waals surface area contributed by atoms with Crippen LogP contribution in [-0.4, -0.2) is 28.9 Å². The molecule has 0 spiro atoms. The lowest BCUT2D eigenvalue weighted by Crippen LogP contribution is -2.36. The van der Waals surface area contributed by atoms with Crippen LogP contribution in [-0.2, 0) is 16.6 Å². The fourth-order valence-electron chi connectivity index (χ4n) is 2.34. The van der Waals surface area contributed by atoms with Crippen molar-refractivity contribution in [3.8, 4) is 0 Å². The molecule has 5 nitrogen and oxygen atoms in total. The Bertz CT molecular complexity index is 383. The van der Waals surface area contributed by atoms with Crippen LogP contribution in [0.15, 0.2) is 12.4 Å². The molecule has 17 heavy (non-hydrogen) atoms. The van der Waals surface area contributed by atoms with Gasteiger partial charge in [-0.15, -0.1) is 0 Å². The number of rotatable bonds is 4. The van der Waals surface area contributed by atoms with Crippen LogP contribution in [0.5, 0.6) is 0 Å². The van der Waals surface area contributed by atoms with E-state index in [1.54, 1.807) is 10.9 Å². The molecule has 1 unspecified atom stereocenters. The molecule has 1 aliphatic rings. The third-order valence-corrected chi connectivity index (χ3v) is 3.25. The summed E-state index contributed by atoms with van der Waals surface area (Å²) in [7, 11) is 3.26. The van der Waals surface area contributed by atoms with Gasteiger partial charge in [-0.05, 0) is 12.8 Å². The predicted octanol–water partition coefficient (Wildman–Crippen LogP) is 1.17. The number of nitrogens with zero attached hydrogens (tertiary/aromatic N) is 2. The zero-order valence-electron chi connectivity index (χ0n) is 10.3. The Kier molecular flexibility index (Phi) is 3.78. The third kappa shape index (κ3) is 2.85. The van der Waals surface area contributed by atoms with E-state index in [9.17, 15) is 4.79 Å². The van der Waals surface area contributed by atoms with Crippen LogP contribution in [0.25, 0.3) is 0 Å². The van der Waals surface area contributed by atoms with Gasteiger partial charge in [0.05, 0.1) is 13.3 Å². The highest BCUT2D eigenvalue weighted by atomic mass is 16.5. The van der Waals surface area contributed by atoms with Crippen molar-refractivity contribution in [2.24, 2.45) is 7.05 Å². The highest BCUT2D eigenvalue weighted by Gasteiger charge is 2.27. The first-order valence-electron chi connectivity index (χ1n) is 6.03. The van der Waals surface area contributed by atoms with Crippen LogP contribution >= 0.6 is 0 Å². The molecule has 0 aliphatic heterocycles. The van der Waals surface area contributed by atoms with Crippen LogP contribution in [0.4, 0.5) is 0 Å². The maximum Gasteiger partial charge on any atom is 0.327 e. The van der Waals surface area contributed by atoms with Crippen molar-refractivity contribution in [1.29, 1.82) is 0 Å². The largest absolute Gasteiger partial charge is 0.468 e. The quantitative estimate of drug-likeness (QED) is 0.799. The Hall–Kier alpha value is -1.36. The maximum absolute atomic E-state index is 11.8. The number of carbonyl (C=O) groups is 1. The van der Waals surface area contributed by atoms with Gasteiger partial charge in [0.2, 0.25) is 0 Å². The van der Waals surface area contributed by atoms with Gasteiger partial charge in [0.1, 0.15) is 6.04 Å². The summed E-state index contributed by atoms with van der Waals surface area (Å²) in [5.74, 6) is -0.245. The van der Waals surface area contributed by atoms with E-state index in [2.05, 4.69) is 10.4 Å². The average Bonchev–Trinajstić information content (AvgIpc) is 2.96. The number of aromatic nitrogens is 2. The van der Waals surface area contributed by atoms with Gasteiger partial charge in [0.15, 0.2) is 0 Å². The number of aryl methyl sites for hydroxylation is 1. The lowest BCUT2D eigenvalue weighted by atomic mass is 10.1. The SMILES string of the molecule is COC(=O)C(NC1CCCC1)c1cnn(C)c1. The van der Waals surface area contributed by atoms with Gasteiger partial charge in [0, 0.05) is 24.8 Å². The summed E-state index contributed by atoms with van der Waals surface area (Å²) in [6.07, 6.45) is 8.30. The summed E-state index contributed by atoms with van der Waals surface area (Å²) in [6, 6.07) is 0.0242. The Labute approximate surface area is 101 Å². The highest BCUT2D eigenvalue weighted by Crippen LogP contribution is 2.22. The molecule has 0 amide bonds. The Morgan fingerprint density at radius 1 is 1.59 bits per heavy atom. The average molecular weight is 237 g/mol. The van der Waals surface area contributed by atoms with Crippen LogP contribution < -0.4 is 5.32 Å². The molecule has 0 aromatic carbocycles. The first-order chi connectivity index (χ1) is 8.20. The van der Waals surface area contributed by atoms with Gasteiger partial charge >= 0.3 is 5.97 Å². The molecular formula is C12H19N3O2. The Balaban J connectivity index is 2.10. The molecule has 1 fully saturated rings. The topological polar surface area (TPSA) is 56.1 Å². The molecule has 1 atom stereocenters. The van der Waals surface area contributed by atoms with Gasteiger partial charge in [-0.3, -0.25) is 10.00 Å². The summed E-state index contributed by atoms with van der Waals surface area (Å²) in [4.78, 5) is 11.8. The minimum absolute atomic E-state index is 0.245. The number of hydrogen-bond acceptors (Lipinski definition) is 4. The number of esters is 1. The fraction of sp³-hybridized carbons (Fsp3) is 0.667. The predicted molar refractivity (Wildman–Crippen MR) is 63.4 cm³/mol. The van der Waals surface area contributed by atoms with E-state index >= 15 is 0 Å². The molecule has 2 rings (SSSR count). The van der Waals surface area contributed by atoms with Crippen molar-refractivity contribution in [2.45, 2.75) is 37.8 Å². The molecule has 0 bridgehead atoms. The van der Waals surface area contributed by atoms with Gasteiger partial charge < -0.3 is 4.74 Å². The molecular weight excluding hydrogens is 218 g/mol. The second-order valence-electron chi connectivity index (χ2n) is 4.55. The lowest BCUT2D eigenvalue weighted by Gasteiger charge is -2.19. The summed E-state index contributed by atoms with van der Waals surface area (Å²) < 4.78 is 6.54. The smallest absolute Gasteiger partial charge is 0.327 e. The molecule has 1 heterocycles. The molecule has 94 valence electrons. The minimum atomic E-state index is -0.392. The van der Waals surface area contributed by atoms with Crippen LogP contribution in [0.2, 0.25) is 0 Å². The number of nitrogens with one attached hydrogen (secondary N) is 1.